The van der Waals surface area contributed by atoms with E-state index in [4.69, 9.17) is 4.74 Å². The molecule has 0 aromatic heterocycles. The topological polar surface area (TPSA) is 46.6 Å². The van der Waals surface area contributed by atoms with Gasteiger partial charge in [0.25, 0.3) is 0 Å². The lowest BCUT2D eigenvalue weighted by Gasteiger charge is -2.22. The molecule has 1 fully saturated rings. The summed E-state index contributed by atoms with van der Waals surface area (Å²) in [6.45, 7) is 0.228. The van der Waals surface area contributed by atoms with E-state index in [2.05, 4.69) is 0 Å². The zero-order chi connectivity index (χ0) is 16.4. The van der Waals surface area contributed by atoms with E-state index < -0.39 is 15.8 Å². The summed E-state index contributed by atoms with van der Waals surface area (Å²) in [5, 5.41) is 0. The Labute approximate surface area is 135 Å². The van der Waals surface area contributed by atoms with Crippen molar-refractivity contribution in [2.24, 2.45) is 0 Å². The highest BCUT2D eigenvalue weighted by Gasteiger charge is 2.39. The fourth-order valence-corrected chi connectivity index (χ4v) is 4.20. The summed E-state index contributed by atoms with van der Waals surface area (Å²) in [4.78, 5) is -0.264. The second kappa shape index (κ2) is 6.29. The van der Waals surface area contributed by atoms with Crippen LogP contribution in [0.15, 0.2) is 53.4 Å². The lowest BCUT2D eigenvalue weighted by atomic mass is 10.2. The van der Waals surface area contributed by atoms with Crippen molar-refractivity contribution in [1.82, 2.24) is 4.31 Å². The Bertz CT molecular complexity index is 786. The average molecular weight is 335 g/mol. The van der Waals surface area contributed by atoms with E-state index in [9.17, 15) is 12.8 Å². The van der Waals surface area contributed by atoms with Crippen LogP contribution in [0, 0.1) is 5.82 Å². The summed E-state index contributed by atoms with van der Waals surface area (Å²) in [6, 6.07) is 12.7. The van der Waals surface area contributed by atoms with Gasteiger partial charge in [-0.1, -0.05) is 24.3 Å². The third-order valence-electron chi connectivity index (χ3n) is 3.87. The van der Waals surface area contributed by atoms with Crippen molar-refractivity contribution in [3.63, 3.8) is 0 Å². The molecule has 0 unspecified atom stereocenters. The first-order chi connectivity index (χ1) is 11.0. The number of ether oxygens (including phenoxy) is 1. The molecule has 122 valence electrons. The average Bonchev–Trinajstić information content (AvgIpc) is 3.38. The van der Waals surface area contributed by atoms with Crippen LogP contribution in [0.2, 0.25) is 0 Å². The third-order valence-corrected chi connectivity index (χ3v) is 5.81. The van der Waals surface area contributed by atoms with Crippen LogP contribution in [-0.2, 0) is 16.6 Å². The molecule has 0 heterocycles. The molecule has 6 heteroatoms. The first kappa shape index (κ1) is 16.0. The maximum atomic E-state index is 13.9. The van der Waals surface area contributed by atoms with Crippen LogP contribution < -0.4 is 4.74 Å². The van der Waals surface area contributed by atoms with Crippen molar-refractivity contribution in [1.29, 1.82) is 0 Å². The Morgan fingerprint density at radius 3 is 2.35 bits per heavy atom. The first-order valence-electron chi connectivity index (χ1n) is 7.41. The van der Waals surface area contributed by atoms with Crippen molar-refractivity contribution in [2.75, 3.05) is 7.11 Å². The summed E-state index contributed by atoms with van der Waals surface area (Å²) in [6.07, 6.45) is 1.62. The molecule has 0 saturated heterocycles. The second-order valence-electron chi connectivity index (χ2n) is 5.56. The largest absolute Gasteiger partial charge is 0.497 e. The number of halogens is 1. The highest BCUT2D eigenvalue weighted by molar-refractivity contribution is 7.89. The van der Waals surface area contributed by atoms with Crippen molar-refractivity contribution in [3.05, 3.63) is 59.9 Å². The van der Waals surface area contributed by atoms with E-state index >= 15 is 0 Å². The summed E-state index contributed by atoms with van der Waals surface area (Å²) in [7, 11) is -2.28. The Balaban J connectivity index is 1.90. The molecular formula is C17H18FNO3S. The summed E-state index contributed by atoms with van der Waals surface area (Å²) in [5.41, 5.74) is 0.845. The van der Waals surface area contributed by atoms with E-state index in [0.717, 1.165) is 18.4 Å². The maximum Gasteiger partial charge on any atom is 0.246 e. The molecular weight excluding hydrogens is 317 g/mol. The predicted molar refractivity (Wildman–Crippen MR) is 85.1 cm³/mol. The van der Waals surface area contributed by atoms with Gasteiger partial charge in [-0.05, 0) is 42.7 Å². The molecule has 2 aromatic rings. The van der Waals surface area contributed by atoms with Gasteiger partial charge in [0.1, 0.15) is 16.5 Å². The van der Waals surface area contributed by atoms with Gasteiger partial charge in [-0.2, -0.15) is 4.31 Å². The van der Waals surface area contributed by atoms with Crippen LogP contribution >= 0.6 is 0 Å². The second-order valence-corrected chi connectivity index (χ2v) is 7.42. The van der Waals surface area contributed by atoms with Crippen molar-refractivity contribution < 1.29 is 17.5 Å². The van der Waals surface area contributed by atoms with E-state index in [0.29, 0.717) is 5.75 Å². The quantitative estimate of drug-likeness (QED) is 0.814. The van der Waals surface area contributed by atoms with E-state index in [1.54, 1.807) is 19.2 Å². The lowest BCUT2D eigenvalue weighted by Crippen LogP contribution is -2.33. The summed E-state index contributed by atoms with van der Waals surface area (Å²) < 4.78 is 46.1. The standard InChI is InChI=1S/C17H18FNO3S/c1-22-15-10-6-13(7-11-15)12-19(14-8-9-14)23(20,21)17-5-3-2-4-16(17)18/h2-7,10-11,14H,8-9,12H2,1H3. The van der Waals surface area contributed by atoms with E-state index in [-0.39, 0.29) is 17.5 Å². The minimum atomic E-state index is -3.86. The van der Waals surface area contributed by atoms with Gasteiger partial charge in [0.15, 0.2) is 0 Å². The predicted octanol–water partition coefficient (Wildman–Crippen LogP) is 3.19. The number of rotatable bonds is 6. The fourth-order valence-electron chi connectivity index (χ4n) is 2.46. The zero-order valence-electron chi connectivity index (χ0n) is 12.8. The number of methoxy groups -OCH3 is 1. The normalized spacial score (nSPS) is 14.9. The van der Waals surface area contributed by atoms with Gasteiger partial charge in [0.05, 0.1) is 7.11 Å². The van der Waals surface area contributed by atoms with Gasteiger partial charge in [0.2, 0.25) is 10.0 Å². The van der Waals surface area contributed by atoms with Crippen molar-refractivity contribution >= 4 is 10.0 Å². The lowest BCUT2D eigenvalue weighted by molar-refractivity contribution is 0.394. The molecule has 3 rings (SSSR count). The van der Waals surface area contributed by atoms with E-state index in [1.807, 2.05) is 12.1 Å². The highest BCUT2D eigenvalue weighted by Crippen LogP contribution is 2.34. The molecule has 0 atom stereocenters. The molecule has 0 aliphatic heterocycles. The van der Waals surface area contributed by atoms with Gasteiger partial charge in [-0.15, -0.1) is 0 Å². The number of hydrogen-bond donors (Lipinski definition) is 0. The van der Waals surface area contributed by atoms with E-state index in [1.165, 1.54) is 28.6 Å². The van der Waals surface area contributed by atoms with Gasteiger partial charge >= 0.3 is 0 Å². The molecule has 0 N–H and O–H groups in total. The molecule has 1 aliphatic carbocycles. The van der Waals surface area contributed by atoms with Gasteiger partial charge in [-0.3, -0.25) is 0 Å². The third kappa shape index (κ3) is 3.38. The SMILES string of the molecule is COc1ccc(CN(C2CC2)S(=O)(=O)c2ccccc2F)cc1. The molecule has 2 aromatic carbocycles. The smallest absolute Gasteiger partial charge is 0.246 e. The van der Waals surface area contributed by atoms with Gasteiger partial charge < -0.3 is 4.74 Å². The van der Waals surface area contributed by atoms with Gasteiger partial charge in [0, 0.05) is 12.6 Å². The van der Waals surface area contributed by atoms with Crippen LogP contribution in [0.5, 0.6) is 5.75 Å². The Hall–Kier alpha value is -1.92. The fraction of sp³-hybridized carbons (Fsp3) is 0.294. The monoisotopic (exact) mass is 335 g/mol. The maximum absolute atomic E-state index is 13.9. The molecule has 1 aliphatic rings. The zero-order valence-corrected chi connectivity index (χ0v) is 13.6. The summed E-state index contributed by atoms with van der Waals surface area (Å²) in [5.74, 6) is -0.00318. The minimum absolute atomic E-state index is 0.0540. The first-order valence-corrected chi connectivity index (χ1v) is 8.85. The number of nitrogens with zero attached hydrogens (tertiary/aromatic N) is 1. The van der Waals surface area contributed by atoms with Gasteiger partial charge in [-0.25, -0.2) is 12.8 Å². The molecule has 23 heavy (non-hydrogen) atoms. The Morgan fingerprint density at radius 2 is 1.78 bits per heavy atom. The van der Waals surface area contributed by atoms with Crippen LogP contribution in [-0.4, -0.2) is 25.9 Å². The molecule has 0 spiro atoms. The molecule has 1 saturated carbocycles. The van der Waals surface area contributed by atoms with Crippen LogP contribution in [0.4, 0.5) is 4.39 Å². The number of hydrogen-bond acceptors (Lipinski definition) is 3. The molecule has 0 bridgehead atoms. The summed E-state index contributed by atoms with van der Waals surface area (Å²) >= 11 is 0. The molecule has 0 amide bonds. The van der Waals surface area contributed by atoms with Crippen molar-refractivity contribution in [2.45, 2.75) is 30.3 Å². The van der Waals surface area contributed by atoms with Crippen LogP contribution in [0.25, 0.3) is 0 Å². The van der Waals surface area contributed by atoms with Crippen molar-refractivity contribution in [3.8, 4) is 5.75 Å². The number of sulfonamides is 1. The van der Waals surface area contributed by atoms with Crippen LogP contribution in [0.1, 0.15) is 18.4 Å². The molecule has 4 nitrogen and oxygen atoms in total. The Kier molecular flexibility index (Phi) is 4.37. The minimum Gasteiger partial charge on any atom is -0.497 e. The Morgan fingerprint density at radius 1 is 1.13 bits per heavy atom. The molecule has 0 radical (unpaired) electrons. The van der Waals surface area contributed by atoms with Crippen LogP contribution in [0.3, 0.4) is 0 Å². The number of benzene rings is 2. The highest BCUT2D eigenvalue weighted by atomic mass is 32.2.